The summed E-state index contributed by atoms with van der Waals surface area (Å²) in [6, 6.07) is 13.2. The second-order valence-corrected chi connectivity index (χ2v) is 14.0. The molecule has 0 saturated heterocycles. The van der Waals surface area contributed by atoms with Crippen LogP contribution in [0.25, 0.3) is 0 Å². The van der Waals surface area contributed by atoms with Crippen LogP contribution in [0, 0.1) is 24.2 Å². The fourth-order valence-electron chi connectivity index (χ4n) is 6.89. The molecule has 1 N–H and O–H groups in total. The van der Waals surface area contributed by atoms with Crippen molar-refractivity contribution in [2.45, 2.75) is 89.5 Å². The Labute approximate surface area is 215 Å². The topological polar surface area (TPSA) is 75.6 Å². The predicted molar refractivity (Wildman–Crippen MR) is 144 cm³/mol. The quantitative estimate of drug-likeness (QED) is 0.413. The molecule has 0 aliphatic heterocycles. The number of carbonyl (C=O) groups is 1. The standard InChI is InChI=1S/C30H38N2O3S/c1-19-6-10-22(11-7-19)36(34,35)32-28(31-29(2,3)4)21-9-12-23-20(18-21)8-13-25-24(23)16-17-30(5)26(25)14-15-27(30)33/h6-7,9-12,18,24-26H,8,13-17H2,1-5H3,(H,31,32)/t24-,25-,26+,30+/m1/s1. The molecule has 2 fully saturated rings. The minimum atomic E-state index is -3.77. The van der Waals surface area contributed by atoms with Gasteiger partial charge in [0.2, 0.25) is 0 Å². The number of rotatable bonds is 3. The van der Waals surface area contributed by atoms with Crippen LogP contribution in [0.2, 0.25) is 0 Å². The summed E-state index contributed by atoms with van der Waals surface area (Å²) in [7, 11) is -3.77. The third-order valence-electron chi connectivity index (χ3n) is 8.72. The predicted octanol–water partition coefficient (Wildman–Crippen LogP) is 5.94. The third-order valence-corrected chi connectivity index (χ3v) is 10.1. The highest BCUT2D eigenvalue weighted by Crippen LogP contribution is 2.59. The third kappa shape index (κ3) is 4.53. The van der Waals surface area contributed by atoms with Crippen molar-refractivity contribution in [3.63, 3.8) is 0 Å². The van der Waals surface area contributed by atoms with E-state index in [9.17, 15) is 13.2 Å². The highest BCUT2D eigenvalue weighted by atomic mass is 32.2. The number of aryl methyl sites for hydroxylation is 2. The minimum absolute atomic E-state index is 0.126. The maximum absolute atomic E-state index is 13.2. The summed E-state index contributed by atoms with van der Waals surface area (Å²) >= 11 is 0. The second kappa shape index (κ2) is 8.83. The first-order valence-corrected chi connectivity index (χ1v) is 14.7. The number of benzene rings is 2. The van der Waals surface area contributed by atoms with E-state index in [2.05, 4.69) is 23.8 Å². The number of Topliss-reactive ketones (excluding diaryl/α,β-unsaturated/α-hetero) is 1. The Morgan fingerprint density at radius 1 is 1.03 bits per heavy atom. The van der Waals surface area contributed by atoms with Gasteiger partial charge in [0.1, 0.15) is 11.6 Å². The van der Waals surface area contributed by atoms with Gasteiger partial charge in [0.05, 0.1) is 10.4 Å². The molecule has 4 atom stereocenters. The zero-order valence-electron chi connectivity index (χ0n) is 22.1. The molecule has 2 saturated carbocycles. The molecule has 0 spiro atoms. The van der Waals surface area contributed by atoms with Crippen LogP contribution in [0.3, 0.4) is 0 Å². The average Bonchev–Trinajstić information content (AvgIpc) is 3.12. The molecule has 5 nitrogen and oxygen atoms in total. The van der Waals surface area contributed by atoms with E-state index >= 15 is 0 Å². The number of sulfonamides is 1. The molecule has 0 amide bonds. The number of fused-ring (bicyclic) bond motifs is 5. The molecule has 0 unspecified atom stereocenters. The molecule has 2 aromatic rings. The van der Waals surface area contributed by atoms with Crippen LogP contribution < -0.4 is 4.72 Å². The lowest BCUT2D eigenvalue weighted by Crippen LogP contribution is -2.42. The first-order valence-electron chi connectivity index (χ1n) is 13.2. The van der Waals surface area contributed by atoms with Crippen molar-refractivity contribution in [3.8, 4) is 0 Å². The van der Waals surface area contributed by atoms with E-state index in [0.717, 1.165) is 49.7 Å². The van der Waals surface area contributed by atoms with E-state index in [-0.39, 0.29) is 10.3 Å². The zero-order valence-corrected chi connectivity index (χ0v) is 22.9. The normalized spacial score (nSPS) is 28.3. The summed E-state index contributed by atoms with van der Waals surface area (Å²) in [5.74, 6) is 2.40. The molecule has 3 aliphatic rings. The van der Waals surface area contributed by atoms with Crippen LogP contribution in [-0.2, 0) is 21.2 Å². The largest absolute Gasteiger partial charge is 0.299 e. The highest BCUT2D eigenvalue weighted by Gasteiger charge is 2.54. The van der Waals surface area contributed by atoms with Gasteiger partial charge in [-0.05, 0) is 107 Å². The van der Waals surface area contributed by atoms with Gasteiger partial charge in [0.15, 0.2) is 0 Å². The van der Waals surface area contributed by atoms with Crippen molar-refractivity contribution in [2.24, 2.45) is 22.2 Å². The van der Waals surface area contributed by atoms with Crippen molar-refractivity contribution in [3.05, 3.63) is 64.7 Å². The number of nitrogens with zero attached hydrogens (tertiary/aromatic N) is 1. The van der Waals surface area contributed by atoms with Gasteiger partial charge >= 0.3 is 0 Å². The van der Waals surface area contributed by atoms with E-state index in [0.29, 0.717) is 29.4 Å². The molecule has 0 aromatic heterocycles. The van der Waals surface area contributed by atoms with Gasteiger partial charge in [-0.15, -0.1) is 0 Å². The molecule has 5 rings (SSSR count). The van der Waals surface area contributed by atoms with E-state index in [1.165, 1.54) is 11.1 Å². The van der Waals surface area contributed by atoms with Crippen LogP contribution in [-0.4, -0.2) is 25.6 Å². The minimum Gasteiger partial charge on any atom is -0.299 e. The second-order valence-electron chi connectivity index (χ2n) is 12.3. The van der Waals surface area contributed by atoms with Gasteiger partial charge in [-0.1, -0.05) is 36.8 Å². The lowest BCUT2D eigenvalue weighted by molar-refractivity contribution is -0.129. The van der Waals surface area contributed by atoms with Gasteiger partial charge in [-0.3, -0.25) is 14.5 Å². The first-order chi connectivity index (χ1) is 16.9. The monoisotopic (exact) mass is 506 g/mol. The Morgan fingerprint density at radius 2 is 1.75 bits per heavy atom. The number of ketones is 1. The number of amidine groups is 1. The Bertz CT molecular complexity index is 1320. The molecule has 2 aromatic carbocycles. The van der Waals surface area contributed by atoms with E-state index in [1.807, 2.05) is 33.8 Å². The van der Waals surface area contributed by atoms with Crippen molar-refractivity contribution in [1.82, 2.24) is 4.72 Å². The van der Waals surface area contributed by atoms with Crippen LogP contribution in [0.4, 0.5) is 0 Å². The van der Waals surface area contributed by atoms with Gasteiger partial charge < -0.3 is 0 Å². The lowest BCUT2D eigenvalue weighted by atomic mass is 9.55. The SMILES string of the molecule is Cc1ccc(S(=O)(=O)NC(=NC(C)(C)C)c2ccc3c(c2)CC[C@@H]2[C@@H]3CC[C@]3(C)C(=O)CC[C@@H]23)cc1. The van der Waals surface area contributed by atoms with Gasteiger partial charge in [0.25, 0.3) is 10.0 Å². The average molecular weight is 507 g/mol. The van der Waals surface area contributed by atoms with Crippen LogP contribution in [0.1, 0.15) is 88.0 Å². The van der Waals surface area contributed by atoms with Crippen molar-refractivity contribution in [1.29, 1.82) is 0 Å². The van der Waals surface area contributed by atoms with E-state index in [1.54, 1.807) is 24.3 Å². The zero-order chi connectivity index (χ0) is 25.9. The number of nitrogens with one attached hydrogen (secondary N) is 1. The van der Waals surface area contributed by atoms with Crippen LogP contribution in [0.5, 0.6) is 0 Å². The van der Waals surface area contributed by atoms with Gasteiger partial charge in [0, 0.05) is 17.4 Å². The Balaban J connectivity index is 1.47. The molecule has 0 heterocycles. The number of aliphatic imine (C=N–C) groups is 1. The summed E-state index contributed by atoms with van der Waals surface area (Å²) in [5, 5.41) is 0. The highest BCUT2D eigenvalue weighted by molar-refractivity contribution is 7.90. The summed E-state index contributed by atoms with van der Waals surface area (Å²) < 4.78 is 29.3. The summed E-state index contributed by atoms with van der Waals surface area (Å²) in [4.78, 5) is 17.7. The molecule has 6 heteroatoms. The van der Waals surface area contributed by atoms with Crippen LogP contribution in [0.15, 0.2) is 52.4 Å². The van der Waals surface area contributed by atoms with E-state index in [4.69, 9.17) is 4.99 Å². The fraction of sp³-hybridized carbons (Fsp3) is 0.533. The molecular formula is C30H38N2O3S. The van der Waals surface area contributed by atoms with Crippen LogP contribution >= 0.6 is 0 Å². The van der Waals surface area contributed by atoms with Gasteiger partial charge in [-0.2, -0.15) is 0 Å². The Hall–Kier alpha value is -2.47. The molecule has 3 aliphatic carbocycles. The summed E-state index contributed by atoms with van der Waals surface area (Å²) in [6.45, 7) is 10.1. The summed E-state index contributed by atoms with van der Waals surface area (Å²) in [5.41, 5.74) is 3.91. The van der Waals surface area contributed by atoms with Crippen molar-refractivity contribution >= 4 is 21.6 Å². The molecular weight excluding hydrogens is 468 g/mol. The maximum atomic E-state index is 13.2. The number of carbonyl (C=O) groups excluding carboxylic acids is 1. The molecule has 0 bridgehead atoms. The first kappa shape index (κ1) is 25.2. The van der Waals surface area contributed by atoms with E-state index < -0.39 is 15.6 Å². The fourth-order valence-corrected chi connectivity index (χ4v) is 7.92. The smallest absolute Gasteiger partial charge is 0.263 e. The van der Waals surface area contributed by atoms with Crippen molar-refractivity contribution in [2.75, 3.05) is 0 Å². The number of hydrogen-bond acceptors (Lipinski definition) is 4. The summed E-state index contributed by atoms with van der Waals surface area (Å²) in [6.07, 6.45) is 5.86. The molecule has 192 valence electrons. The molecule has 0 radical (unpaired) electrons. The number of hydrogen-bond donors (Lipinski definition) is 1. The van der Waals surface area contributed by atoms with Crippen molar-refractivity contribution < 1.29 is 13.2 Å². The Kier molecular flexibility index (Phi) is 6.18. The molecule has 36 heavy (non-hydrogen) atoms. The lowest BCUT2D eigenvalue weighted by Gasteiger charge is -2.48. The van der Waals surface area contributed by atoms with Gasteiger partial charge in [-0.25, -0.2) is 8.42 Å². The Morgan fingerprint density at radius 3 is 2.44 bits per heavy atom. The maximum Gasteiger partial charge on any atom is 0.263 e.